The number of nitrogens with zero attached hydrogens (tertiary/aromatic N) is 2. The van der Waals surface area contributed by atoms with Crippen molar-refractivity contribution >= 4 is 34.2 Å². The van der Waals surface area contributed by atoms with Crippen LogP contribution in [-0.4, -0.2) is 48.9 Å². The van der Waals surface area contributed by atoms with Gasteiger partial charge in [0.15, 0.2) is 0 Å². The summed E-state index contributed by atoms with van der Waals surface area (Å²) in [7, 11) is 1.60. The van der Waals surface area contributed by atoms with Crippen molar-refractivity contribution in [1.29, 1.82) is 0 Å². The van der Waals surface area contributed by atoms with Crippen LogP contribution in [0, 0.1) is 0 Å². The van der Waals surface area contributed by atoms with Crippen molar-refractivity contribution in [3.63, 3.8) is 0 Å². The lowest BCUT2D eigenvalue weighted by Crippen LogP contribution is -2.52. The van der Waals surface area contributed by atoms with E-state index in [-0.39, 0.29) is 30.8 Å². The van der Waals surface area contributed by atoms with Crippen LogP contribution in [0.5, 0.6) is 5.75 Å². The van der Waals surface area contributed by atoms with E-state index in [4.69, 9.17) is 4.74 Å². The van der Waals surface area contributed by atoms with Crippen LogP contribution in [0.3, 0.4) is 0 Å². The SMILES string of the molecule is CCCNC(=O)[C@H](CC)N(Cc1ccc(OC)cc1)C(=O)CN1C(=O)c2cccc3cccc1c23. The third kappa shape index (κ3) is 4.85. The monoisotopic (exact) mass is 473 g/mol. The van der Waals surface area contributed by atoms with E-state index in [9.17, 15) is 14.4 Å². The molecule has 1 heterocycles. The average molecular weight is 474 g/mol. The van der Waals surface area contributed by atoms with Gasteiger partial charge in [-0.1, -0.05) is 50.2 Å². The van der Waals surface area contributed by atoms with Crippen LogP contribution in [0.25, 0.3) is 10.8 Å². The lowest BCUT2D eigenvalue weighted by Gasteiger charge is -2.32. The zero-order chi connectivity index (χ0) is 24.9. The highest BCUT2D eigenvalue weighted by Gasteiger charge is 2.35. The smallest absolute Gasteiger partial charge is 0.259 e. The number of methoxy groups -OCH3 is 1. The van der Waals surface area contributed by atoms with E-state index >= 15 is 0 Å². The van der Waals surface area contributed by atoms with Crippen molar-refractivity contribution in [3.05, 3.63) is 71.8 Å². The van der Waals surface area contributed by atoms with Gasteiger partial charge in [0.2, 0.25) is 11.8 Å². The van der Waals surface area contributed by atoms with Gasteiger partial charge in [-0.25, -0.2) is 0 Å². The molecule has 7 nitrogen and oxygen atoms in total. The van der Waals surface area contributed by atoms with Gasteiger partial charge in [-0.3, -0.25) is 19.3 Å². The van der Waals surface area contributed by atoms with Gasteiger partial charge in [0.05, 0.1) is 12.8 Å². The number of nitrogens with one attached hydrogen (secondary N) is 1. The number of ether oxygens (including phenoxy) is 1. The maximum Gasteiger partial charge on any atom is 0.259 e. The molecule has 0 aliphatic carbocycles. The van der Waals surface area contributed by atoms with E-state index in [2.05, 4.69) is 5.32 Å². The molecule has 0 fully saturated rings. The van der Waals surface area contributed by atoms with E-state index in [0.717, 1.165) is 28.4 Å². The van der Waals surface area contributed by atoms with Crippen molar-refractivity contribution in [2.24, 2.45) is 0 Å². The zero-order valence-corrected chi connectivity index (χ0v) is 20.4. The van der Waals surface area contributed by atoms with Crippen LogP contribution in [0.1, 0.15) is 42.6 Å². The molecule has 0 radical (unpaired) electrons. The van der Waals surface area contributed by atoms with Gasteiger partial charge >= 0.3 is 0 Å². The van der Waals surface area contributed by atoms with Crippen LogP contribution in [0.15, 0.2) is 60.7 Å². The minimum absolute atomic E-state index is 0.139. The molecule has 0 bridgehead atoms. The van der Waals surface area contributed by atoms with Gasteiger partial charge in [-0.05, 0) is 48.1 Å². The summed E-state index contributed by atoms with van der Waals surface area (Å²) in [6.45, 7) is 4.53. The second kappa shape index (κ2) is 10.6. The quantitative estimate of drug-likeness (QED) is 0.480. The molecule has 182 valence electrons. The molecule has 3 amide bonds. The van der Waals surface area contributed by atoms with Crippen molar-refractivity contribution in [2.45, 2.75) is 39.3 Å². The minimum Gasteiger partial charge on any atom is -0.497 e. The molecule has 1 aliphatic heterocycles. The number of rotatable bonds is 10. The maximum atomic E-state index is 13.7. The standard InChI is InChI=1S/C28H31N3O4/c1-4-16-29-27(33)23(5-2)30(17-19-12-14-21(35-3)15-13-19)25(32)18-31-24-11-7-9-20-8-6-10-22(26(20)24)28(31)34/h6-15,23H,4-5,16-18H2,1-3H3,(H,29,33)/t23-/m0/s1. The molecule has 3 aromatic rings. The molecule has 3 aromatic carbocycles. The lowest BCUT2D eigenvalue weighted by molar-refractivity contribution is -0.140. The first kappa shape index (κ1) is 24.3. The average Bonchev–Trinajstić information content (AvgIpc) is 3.15. The van der Waals surface area contributed by atoms with Crippen LogP contribution in [0.2, 0.25) is 0 Å². The summed E-state index contributed by atoms with van der Waals surface area (Å²) in [6, 6.07) is 18.1. The van der Waals surface area contributed by atoms with Gasteiger partial charge < -0.3 is 15.0 Å². The molecule has 0 saturated heterocycles. The van der Waals surface area contributed by atoms with Gasteiger partial charge in [0, 0.05) is 24.0 Å². The Morgan fingerprint density at radius 2 is 1.74 bits per heavy atom. The highest BCUT2D eigenvalue weighted by Crippen LogP contribution is 2.37. The summed E-state index contributed by atoms with van der Waals surface area (Å²) < 4.78 is 5.24. The summed E-state index contributed by atoms with van der Waals surface area (Å²) in [6.07, 6.45) is 1.26. The largest absolute Gasteiger partial charge is 0.497 e. The van der Waals surface area contributed by atoms with Gasteiger partial charge in [0.1, 0.15) is 18.3 Å². The van der Waals surface area contributed by atoms with Crippen molar-refractivity contribution in [2.75, 3.05) is 25.1 Å². The molecule has 0 aromatic heterocycles. The van der Waals surface area contributed by atoms with Crippen molar-refractivity contribution in [3.8, 4) is 5.75 Å². The number of carbonyl (C=O) groups excluding carboxylic acids is 3. The van der Waals surface area contributed by atoms with E-state index in [0.29, 0.717) is 24.3 Å². The molecular formula is C28H31N3O4. The summed E-state index contributed by atoms with van der Waals surface area (Å²) in [5.41, 5.74) is 2.20. The Bertz CT molecular complexity index is 1230. The van der Waals surface area contributed by atoms with E-state index < -0.39 is 6.04 Å². The van der Waals surface area contributed by atoms with E-state index in [1.807, 2.05) is 68.4 Å². The van der Waals surface area contributed by atoms with Crippen LogP contribution in [0.4, 0.5) is 5.69 Å². The molecule has 35 heavy (non-hydrogen) atoms. The number of amides is 3. The number of carbonyl (C=O) groups is 3. The fourth-order valence-electron chi connectivity index (χ4n) is 4.58. The first-order valence-corrected chi connectivity index (χ1v) is 12.0. The van der Waals surface area contributed by atoms with Crippen LogP contribution >= 0.6 is 0 Å². The molecule has 4 rings (SSSR count). The maximum absolute atomic E-state index is 13.7. The summed E-state index contributed by atoms with van der Waals surface area (Å²) >= 11 is 0. The second-order valence-corrected chi connectivity index (χ2v) is 8.66. The third-order valence-corrected chi connectivity index (χ3v) is 6.39. The molecule has 0 saturated carbocycles. The molecule has 0 spiro atoms. The van der Waals surface area contributed by atoms with Crippen molar-refractivity contribution < 1.29 is 19.1 Å². The molecule has 7 heteroatoms. The molecule has 1 aliphatic rings. The predicted molar refractivity (Wildman–Crippen MR) is 137 cm³/mol. The highest BCUT2D eigenvalue weighted by molar-refractivity contribution is 6.26. The summed E-state index contributed by atoms with van der Waals surface area (Å²) in [4.78, 5) is 43.1. The molecular weight excluding hydrogens is 442 g/mol. The Morgan fingerprint density at radius 3 is 2.40 bits per heavy atom. The Hall–Kier alpha value is -3.87. The van der Waals surface area contributed by atoms with Crippen molar-refractivity contribution in [1.82, 2.24) is 10.2 Å². The lowest BCUT2D eigenvalue weighted by atomic mass is 10.1. The topological polar surface area (TPSA) is 79.0 Å². The zero-order valence-electron chi connectivity index (χ0n) is 20.4. The first-order valence-electron chi connectivity index (χ1n) is 12.0. The normalized spacial score (nSPS) is 13.1. The molecule has 1 atom stereocenters. The Kier molecular flexibility index (Phi) is 7.34. The first-order chi connectivity index (χ1) is 17.0. The highest BCUT2D eigenvalue weighted by atomic mass is 16.5. The van der Waals surface area contributed by atoms with E-state index in [1.165, 1.54) is 4.90 Å². The van der Waals surface area contributed by atoms with Gasteiger partial charge in [0.25, 0.3) is 5.91 Å². The fourth-order valence-corrected chi connectivity index (χ4v) is 4.58. The number of benzene rings is 3. The fraction of sp³-hybridized carbons (Fsp3) is 0.321. The van der Waals surface area contributed by atoms with Crippen LogP contribution in [-0.2, 0) is 16.1 Å². The number of hydrogen-bond donors (Lipinski definition) is 1. The summed E-state index contributed by atoms with van der Waals surface area (Å²) in [5.74, 6) is 0.0535. The molecule has 0 unspecified atom stereocenters. The van der Waals surface area contributed by atoms with E-state index in [1.54, 1.807) is 18.1 Å². The Labute approximate surface area is 205 Å². The Morgan fingerprint density at radius 1 is 1.03 bits per heavy atom. The molecule has 1 N–H and O–H groups in total. The summed E-state index contributed by atoms with van der Waals surface area (Å²) in [5, 5.41) is 4.75. The predicted octanol–water partition coefficient (Wildman–Crippen LogP) is 4.14. The van der Waals surface area contributed by atoms with Gasteiger partial charge in [-0.15, -0.1) is 0 Å². The Balaban J connectivity index is 1.63. The second-order valence-electron chi connectivity index (χ2n) is 8.66. The van der Waals surface area contributed by atoms with Crippen LogP contribution < -0.4 is 15.0 Å². The third-order valence-electron chi connectivity index (χ3n) is 6.39. The van der Waals surface area contributed by atoms with Gasteiger partial charge in [-0.2, -0.15) is 0 Å². The number of anilines is 1. The number of hydrogen-bond acceptors (Lipinski definition) is 4. The minimum atomic E-state index is -0.646.